The molecule has 1 aliphatic heterocycles. The van der Waals surface area contributed by atoms with E-state index in [9.17, 15) is 19.6 Å². The van der Waals surface area contributed by atoms with Gasteiger partial charge in [-0.25, -0.2) is 4.79 Å². The first-order valence-electron chi connectivity index (χ1n) is 14.1. The third-order valence-corrected chi connectivity index (χ3v) is 9.23. The van der Waals surface area contributed by atoms with Crippen LogP contribution in [0.1, 0.15) is 60.5 Å². The highest BCUT2D eigenvalue weighted by atomic mass is 32.2. The first-order valence-corrected chi connectivity index (χ1v) is 15.8. The van der Waals surface area contributed by atoms with Gasteiger partial charge in [0.2, 0.25) is 5.91 Å². The summed E-state index contributed by atoms with van der Waals surface area (Å²) in [4.78, 5) is 42.2. The second-order valence-electron chi connectivity index (χ2n) is 11.0. The fraction of sp³-hybridized carbons (Fsp3) is 0.375. The molecule has 0 saturated heterocycles. The molecular weight excluding hydrogens is 601 g/mol. The highest BCUT2D eigenvalue weighted by Crippen LogP contribution is 2.38. The van der Waals surface area contributed by atoms with Crippen molar-refractivity contribution in [1.82, 2.24) is 4.90 Å². The number of anilines is 2. The maximum absolute atomic E-state index is 13.4. The largest absolute Gasteiger partial charge is 0.493 e. The van der Waals surface area contributed by atoms with E-state index in [1.807, 2.05) is 45.9 Å². The van der Waals surface area contributed by atoms with Gasteiger partial charge in [-0.05, 0) is 75.6 Å². The summed E-state index contributed by atoms with van der Waals surface area (Å²) in [5, 5.41) is 15.8. The van der Waals surface area contributed by atoms with Gasteiger partial charge in [-0.2, -0.15) is 5.26 Å². The van der Waals surface area contributed by atoms with Crippen molar-refractivity contribution in [3.8, 4) is 17.6 Å². The highest BCUT2D eigenvalue weighted by Gasteiger charge is 2.31. The van der Waals surface area contributed by atoms with Gasteiger partial charge < -0.3 is 29.7 Å². The smallest absolute Gasteiger partial charge is 0.410 e. The molecule has 1 unspecified atom stereocenters. The van der Waals surface area contributed by atoms with Crippen LogP contribution < -0.4 is 20.1 Å². The van der Waals surface area contributed by atoms with Crippen LogP contribution in [0.25, 0.3) is 0 Å². The van der Waals surface area contributed by atoms with E-state index in [-0.39, 0.29) is 11.8 Å². The lowest BCUT2D eigenvalue weighted by atomic mass is 10.0. The molecule has 4 rings (SSSR count). The van der Waals surface area contributed by atoms with Gasteiger partial charge in [-0.3, -0.25) is 9.59 Å². The standard InChI is InChI=1S/C32H36N4O6S2/c1-7-26(43-21-10-8-9-20(16-21)34-28(37)19-11-12-24(40-5)25(15-19)41-6)29(38)35-30-23(17-33)22-13-14-36(18-27(22)44-30)31(39)42-32(2,3)4/h8-12,15-16,26H,7,13-14,18H2,1-6H3,(H,34,37)(H,35,38). The van der Waals surface area contributed by atoms with E-state index in [1.54, 1.807) is 29.2 Å². The number of carbonyl (C=O) groups is 3. The first kappa shape index (κ1) is 32.7. The number of carbonyl (C=O) groups excluding carboxylic acids is 3. The molecule has 1 atom stereocenters. The molecule has 3 amide bonds. The van der Waals surface area contributed by atoms with Crippen LogP contribution in [0.5, 0.6) is 11.5 Å². The lowest BCUT2D eigenvalue weighted by Crippen LogP contribution is -2.39. The summed E-state index contributed by atoms with van der Waals surface area (Å²) in [6, 6.07) is 14.5. The van der Waals surface area contributed by atoms with E-state index in [0.717, 1.165) is 15.3 Å². The Morgan fingerprint density at radius 3 is 2.50 bits per heavy atom. The van der Waals surface area contributed by atoms with Crippen LogP contribution in [0.3, 0.4) is 0 Å². The predicted molar refractivity (Wildman–Crippen MR) is 172 cm³/mol. The van der Waals surface area contributed by atoms with Crippen LogP contribution in [-0.2, 0) is 22.5 Å². The topological polar surface area (TPSA) is 130 Å². The molecule has 0 bridgehead atoms. The Labute approximate surface area is 265 Å². The van der Waals surface area contributed by atoms with Gasteiger partial charge in [0.05, 0.1) is 31.6 Å². The zero-order chi connectivity index (χ0) is 32.0. The van der Waals surface area contributed by atoms with Gasteiger partial charge in [0.15, 0.2) is 11.5 Å². The number of nitrogens with zero attached hydrogens (tertiary/aromatic N) is 2. The molecular formula is C32H36N4O6S2. The Balaban J connectivity index is 1.43. The van der Waals surface area contributed by atoms with Crippen molar-refractivity contribution in [3.63, 3.8) is 0 Å². The number of nitriles is 1. The van der Waals surface area contributed by atoms with E-state index in [1.165, 1.54) is 37.3 Å². The van der Waals surface area contributed by atoms with Crippen LogP contribution in [0, 0.1) is 11.3 Å². The molecule has 0 saturated carbocycles. The third kappa shape index (κ3) is 7.84. The molecule has 0 radical (unpaired) electrons. The zero-order valence-corrected chi connectivity index (χ0v) is 27.2. The molecule has 2 aromatic carbocycles. The number of hydrogen-bond acceptors (Lipinski definition) is 9. The third-order valence-electron chi connectivity index (χ3n) is 6.74. The summed E-state index contributed by atoms with van der Waals surface area (Å²) in [6.45, 7) is 8.15. The molecule has 3 aromatic rings. The number of amides is 3. The van der Waals surface area contributed by atoms with Crippen LogP contribution >= 0.6 is 23.1 Å². The molecule has 2 N–H and O–H groups in total. The molecule has 2 heterocycles. The summed E-state index contributed by atoms with van der Waals surface area (Å²) in [5.41, 5.74) is 1.70. The highest BCUT2D eigenvalue weighted by molar-refractivity contribution is 8.00. The number of hydrogen-bond donors (Lipinski definition) is 2. The summed E-state index contributed by atoms with van der Waals surface area (Å²) < 4.78 is 16.1. The number of benzene rings is 2. The minimum Gasteiger partial charge on any atom is -0.493 e. The number of rotatable bonds is 9. The molecule has 12 heteroatoms. The van der Waals surface area contributed by atoms with Crippen molar-refractivity contribution < 1.29 is 28.6 Å². The maximum Gasteiger partial charge on any atom is 0.410 e. The van der Waals surface area contributed by atoms with Crippen molar-refractivity contribution in [2.45, 2.75) is 62.8 Å². The zero-order valence-electron chi connectivity index (χ0n) is 25.6. The van der Waals surface area contributed by atoms with Crippen LogP contribution in [0.15, 0.2) is 47.4 Å². The van der Waals surface area contributed by atoms with E-state index < -0.39 is 16.9 Å². The van der Waals surface area contributed by atoms with Gasteiger partial charge in [0, 0.05) is 27.6 Å². The Kier molecular flexibility index (Phi) is 10.4. The SMILES string of the molecule is CCC(Sc1cccc(NC(=O)c2ccc(OC)c(OC)c2)c1)C(=O)Nc1sc2c(c1C#N)CCN(C(=O)OC(C)(C)C)C2. The van der Waals surface area contributed by atoms with Crippen LogP contribution in [0.2, 0.25) is 0 Å². The monoisotopic (exact) mass is 636 g/mol. The van der Waals surface area contributed by atoms with Crippen molar-refractivity contribution >= 4 is 51.7 Å². The number of nitrogens with one attached hydrogen (secondary N) is 2. The van der Waals surface area contributed by atoms with Gasteiger partial charge >= 0.3 is 6.09 Å². The first-order chi connectivity index (χ1) is 21.0. The van der Waals surface area contributed by atoms with Crippen LogP contribution in [0.4, 0.5) is 15.5 Å². The fourth-order valence-corrected chi connectivity index (χ4v) is 6.83. The second-order valence-corrected chi connectivity index (χ2v) is 13.4. The van der Waals surface area contributed by atoms with E-state index in [2.05, 4.69) is 16.7 Å². The summed E-state index contributed by atoms with van der Waals surface area (Å²) in [5.74, 6) is 0.441. The predicted octanol–water partition coefficient (Wildman–Crippen LogP) is 6.69. The maximum atomic E-state index is 13.4. The lowest BCUT2D eigenvalue weighted by molar-refractivity contribution is -0.115. The van der Waals surface area contributed by atoms with Crippen molar-refractivity contribution in [1.29, 1.82) is 5.26 Å². The minimum atomic E-state index is -0.605. The van der Waals surface area contributed by atoms with Crippen LogP contribution in [-0.4, -0.2) is 54.4 Å². The van der Waals surface area contributed by atoms with Crippen molar-refractivity contribution in [2.24, 2.45) is 0 Å². The average molecular weight is 637 g/mol. The van der Waals surface area contributed by atoms with E-state index in [4.69, 9.17) is 14.2 Å². The summed E-state index contributed by atoms with van der Waals surface area (Å²) in [6.07, 6.45) is 0.653. The summed E-state index contributed by atoms with van der Waals surface area (Å²) in [7, 11) is 3.04. The lowest BCUT2D eigenvalue weighted by Gasteiger charge is -2.29. The van der Waals surface area contributed by atoms with Gasteiger partial charge in [0.1, 0.15) is 16.7 Å². The quantitative estimate of drug-likeness (QED) is 0.249. The Hall–Kier alpha value is -4.21. The molecule has 10 nitrogen and oxygen atoms in total. The van der Waals surface area contributed by atoms with E-state index >= 15 is 0 Å². The van der Waals surface area contributed by atoms with Crippen molar-refractivity contribution in [2.75, 3.05) is 31.4 Å². The Morgan fingerprint density at radius 1 is 1.09 bits per heavy atom. The Bertz CT molecular complexity index is 1590. The molecule has 0 aliphatic carbocycles. The van der Waals surface area contributed by atoms with Gasteiger partial charge in [0.25, 0.3) is 5.91 Å². The molecule has 44 heavy (non-hydrogen) atoms. The number of thioether (sulfide) groups is 1. The molecule has 232 valence electrons. The minimum absolute atomic E-state index is 0.226. The average Bonchev–Trinajstić information content (AvgIpc) is 3.34. The normalized spacial score (nSPS) is 13.2. The number of methoxy groups -OCH3 is 2. The molecule has 1 aliphatic rings. The number of fused-ring (bicyclic) bond motifs is 1. The molecule has 1 aromatic heterocycles. The fourth-order valence-electron chi connectivity index (χ4n) is 4.60. The number of ether oxygens (including phenoxy) is 3. The van der Waals surface area contributed by atoms with Gasteiger partial charge in [-0.1, -0.05) is 13.0 Å². The Morgan fingerprint density at radius 2 is 1.84 bits per heavy atom. The van der Waals surface area contributed by atoms with Crippen molar-refractivity contribution in [3.05, 3.63) is 64.0 Å². The molecule has 0 spiro atoms. The van der Waals surface area contributed by atoms with E-state index in [0.29, 0.717) is 59.2 Å². The summed E-state index contributed by atoms with van der Waals surface area (Å²) >= 11 is 2.70. The second kappa shape index (κ2) is 14.1. The molecule has 0 fully saturated rings. The van der Waals surface area contributed by atoms with Gasteiger partial charge in [-0.15, -0.1) is 23.1 Å². The number of thiophene rings is 1.